The number of carbonyl (C=O) groups is 1. The highest BCUT2D eigenvalue weighted by Crippen LogP contribution is 2.29. The van der Waals surface area contributed by atoms with Gasteiger partial charge in [-0.05, 0) is 25.8 Å². The van der Waals surface area contributed by atoms with E-state index in [2.05, 4.69) is 5.32 Å². The first kappa shape index (κ1) is 13.6. The summed E-state index contributed by atoms with van der Waals surface area (Å²) in [5, 5.41) is 3.09. The second-order valence-electron chi connectivity index (χ2n) is 4.30. The van der Waals surface area contributed by atoms with Crippen LogP contribution in [-0.4, -0.2) is 42.9 Å². The van der Waals surface area contributed by atoms with Gasteiger partial charge in [-0.2, -0.15) is 0 Å². The summed E-state index contributed by atoms with van der Waals surface area (Å²) in [4.78, 5) is 13.3. The van der Waals surface area contributed by atoms with Crippen LogP contribution in [0.15, 0.2) is 0 Å². The molecule has 2 aliphatic rings. The van der Waals surface area contributed by atoms with Gasteiger partial charge in [-0.15, -0.1) is 12.4 Å². The van der Waals surface area contributed by atoms with Crippen molar-refractivity contribution in [1.29, 1.82) is 0 Å². The number of nitrogens with zero attached hydrogens (tertiary/aromatic N) is 1. The van der Waals surface area contributed by atoms with Gasteiger partial charge in [-0.25, -0.2) is 8.78 Å². The Morgan fingerprint density at radius 1 is 1.38 bits per heavy atom. The molecule has 1 atom stereocenters. The van der Waals surface area contributed by atoms with Gasteiger partial charge in [0.15, 0.2) is 0 Å². The lowest BCUT2D eigenvalue weighted by Gasteiger charge is -2.24. The van der Waals surface area contributed by atoms with Gasteiger partial charge in [0, 0.05) is 12.6 Å². The van der Waals surface area contributed by atoms with Crippen LogP contribution in [0, 0.1) is 5.92 Å². The zero-order chi connectivity index (χ0) is 10.8. The van der Waals surface area contributed by atoms with E-state index in [0.29, 0.717) is 6.54 Å². The molecule has 2 rings (SSSR count). The molecule has 0 aromatic carbocycles. The Balaban J connectivity index is 0.00000128. The standard InChI is InChI=1S/C10H16F2N2O.ClH/c11-9(12)6-14(8-1-2-8)10(15)7-3-4-13-5-7;/h7-9,13H,1-6H2;1H/t7-;/m0./s1. The van der Waals surface area contributed by atoms with Crippen LogP contribution >= 0.6 is 12.4 Å². The quantitative estimate of drug-likeness (QED) is 0.820. The van der Waals surface area contributed by atoms with Crippen molar-refractivity contribution in [2.45, 2.75) is 31.7 Å². The summed E-state index contributed by atoms with van der Waals surface area (Å²) in [5.41, 5.74) is 0. The van der Waals surface area contributed by atoms with E-state index < -0.39 is 6.43 Å². The highest BCUT2D eigenvalue weighted by molar-refractivity contribution is 5.85. The molecular weight excluding hydrogens is 238 g/mol. The van der Waals surface area contributed by atoms with Crippen LogP contribution in [0.25, 0.3) is 0 Å². The zero-order valence-electron chi connectivity index (χ0n) is 8.99. The molecule has 94 valence electrons. The molecule has 1 N–H and O–H groups in total. The van der Waals surface area contributed by atoms with Gasteiger partial charge in [0.05, 0.1) is 12.5 Å². The predicted octanol–water partition coefficient (Wildman–Crippen LogP) is 1.27. The highest BCUT2D eigenvalue weighted by atomic mass is 35.5. The van der Waals surface area contributed by atoms with E-state index in [1.54, 1.807) is 0 Å². The third kappa shape index (κ3) is 3.28. The van der Waals surface area contributed by atoms with Gasteiger partial charge in [-0.1, -0.05) is 0 Å². The minimum atomic E-state index is -2.41. The van der Waals surface area contributed by atoms with E-state index in [-0.39, 0.29) is 36.8 Å². The van der Waals surface area contributed by atoms with Crippen molar-refractivity contribution in [3.8, 4) is 0 Å². The first-order valence-corrected chi connectivity index (χ1v) is 5.48. The molecule has 1 aliphatic heterocycles. The maximum absolute atomic E-state index is 12.3. The van der Waals surface area contributed by atoms with Crippen LogP contribution in [0.5, 0.6) is 0 Å². The summed E-state index contributed by atoms with van der Waals surface area (Å²) in [6, 6.07) is 0.0899. The van der Waals surface area contributed by atoms with E-state index in [1.807, 2.05) is 0 Å². The van der Waals surface area contributed by atoms with Crippen LogP contribution in [-0.2, 0) is 4.79 Å². The highest BCUT2D eigenvalue weighted by Gasteiger charge is 2.37. The van der Waals surface area contributed by atoms with Crippen LogP contribution in [0.2, 0.25) is 0 Å². The van der Waals surface area contributed by atoms with Gasteiger partial charge < -0.3 is 10.2 Å². The van der Waals surface area contributed by atoms with Gasteiger partial charge in [0.1, 0.15) is 0 Å². The molecule has 0 spiro atoms. The SMILES string of the molecule is Cl.O=C([C@H]1CCNC1)N(CC(F)F)C1CC1. The lowest BCUT2D eigenvalue weighted by Crippen LogP contribution is -2.41. The topological polar surface area (TPSA) is 32.3 Å². The van der Waals surface area contributed by atoms with E-state index in [9.17, 15) is 13.6 Å². The van der Waals surface area contributed by atoms with Crippen molar-refractivity contribution >= 4 is 18.3 Å². The number of carbonyl (C=O) groups excluding carboxylic acids is 1. The molecule has 0 aromatic rings. The third-order valence-electron chi connectivity index (χ3n) is 3.01. The minimum Gasteiger partial charge on any atom is -0.334 e. The third-order valence-corrected chi connectivity index (χ3v) is 3.01. The van der Waals surface area contributed by atoms with E-state index in [1.165, 1.54) is 4.90 Å². The van der Waals surface area contributed by atoms with Crippen molar-refractivity contribution in [3.05, 3.63) is 0 Å². The number of nitrogens with one attached hydrogen (secondary N) is 1. The first-order valence-electron chi connectivity index (χ1n) is 5.48. The molecular formula is C10H17ClF2N2O. The van der Waals surface area contributed by atoms with E-state index in [0.717, 1.165) is 25.8 Å². The Kier molecular flexibility index (Phi) is 4.92. The fraction of sp³-hybridized carbons (Fsp3) is 0.900. The molecule has 0 unspecified atom stereocenters. The Morgan fingerprint density at radius 3 is 2.50 bits per heavy atom. The Morgan fingerprint density at radius 2 is 2.06 bits per heavy atom. The van der Waals surface area contributed by atoms with Gasteiger partial charge in [0.25, 0.3) is 6.43 Å². The zero-order valence-corrected chi connectivity index (χ0v) is 9.81. The maximum Gasteiger partial charge on any atom is 0.255 e. The number of hydrogen-bond donors (Lipinski definition) is 1. The summed E-state index contributed by atoms with van der Waals surface area (Å²) in [5.74, 6) is -0.160. The molecule has 3 nitrogen and oxygen atoms in total. The lowest BCUT2D eigenvalue weighted by molar-refractivity contribution is -0.137. The van der Waals surface area contributed by atoms with E-state index in [4.69, 9.17) is 0 Å². The molecule has 1 saturated heterocycles. The Labute approximate surface area is 100.0 Å². The van der Waals surface area contributed by atoms with Crippen molar-refractivity contribution in [3.63, 3.8) is 0 Å². The minimum absolute atomic E-state index is 0. The number of halogens is 3. The van der Waals surface area contributed by atoms with Gasteiger partial charge >= 0.3 is 0 Å². The largest absolute Gasteiger partial charge is 0.334 e. The normalized spacial score (nSPS) is 24.3. The fourth-order valence-corrected chi connectivity index (χ4v) is 2.05. The average molecular weight is 255 g/mol. The summed E-state index contributed by atoms with van der Waals surface area (Å²) >= 11 is 0. The van der Waals surface area contributed by atoms with Crippen molar-refractivity contribution < 1.29 is 13.6 Å². The first-order chi connectivity index (χ1) is 7.18. The number of hydrogen-bond acceptors (Lipinski definition) is 2. The summed E-state index contributed by atoms with van der Waals surface area (Å²) in [6.07, 6.45) is 0.145. The number of amides is 1. The molecule has 16 heavy (non-hydrogen) atoms. The molecule has 0 bridgehead atoms. The molecule has 1 aliphatic carbocycles. The van der Waals surface area contributed by atoms with Gasteiger partial charge in [0.2, 0.25) is 5.91 Å². The van der Waals surface area contributed by atoms with Crippen LogP contribution in [0.1, 0.15) is 19.3 Å². The van der Waals surface area contributed by atoms with Crippen molar-refractivity contribution in [2.75, 3.05) is 19.6 Å². The molecule has 6 heteroatoms. The summed E-state index contributed by atoms with van der Waals surface area (Å²) < 4.78 is 24.6. The molecule has 1 amide bonds. The van der Waals surface area contributed by atoms with Crippen LogP contribution in [0.4, 0.5) is 8.78 Å². The molecule has 1 heterocycles. The lowest BCUT2D eigenvalue weighted by atomic mass is 10.1. The van der Waals surface area contributed by atoms with Crippen LogP contribution in [0.3, 0.4) is 0 Å². The fourth-order valence-electron chi connectivity index (χ4n) is 2.05. The maximum atomic E-state index is 12.3. The Bertz CT molecular complexity index is 243. The monoisotopic (exact) mass is 254 g/mol. The molecule has 1 saturated carbocycles. The Hall–Kier alpha value is -0.420. The average Bonchev–Trinajstić information content (AvgIpc) is 2.88. The van der Waals surface area contributed by atoms with E-state index >= 15 is 0 Å². The molecule has 0 aromatic heterocycles. The predicted molar refractivity (Wildman–Crippen MR) is 59.0 cm³/mol. The van der Waals surface area contributed by atoms with Crippen LogP contribution < -0.4 is 5.32 Å². The van der Waals surface area contributed by atoms with Gasteiger partial charge in [-0.3, -0.25) is 4.79 Å². The smallest absolute Gasteiger partial charge is 0.255 e. The summed E-state index contributed by atoms with van der Waals surface area (Å²) in [7, 11) is 0. The second-order valence-corrected chi connectivity index (χ2v) is 4.30. The van der Waals surface area contributed by atoms with Crippen molar-refractivity contribution in [2.24, 2.45) is 5.92 Å². The van der Waals surface area contributed by atoms with Crippen molar-refractivity contribution in [1.82, 2.24) is 10.2 Å². The summed E-state index contributed by atoms with van der Waals surface area (Å²) in [6.45, 7) is 1.08. The molecule has 0 radical (unpaired) electrons. The second kappa shape index (κ2) is 5.77. The molecule has 2 fully saturated rings. The number of rotatable bonds is 4. The number of alkyl halides is 2.